The monoisotopic (exact) mass is 233 g/mol. The minimum Gasteiger partial charge on any atom is -0.481 e. The highest BCUT2D eigenvalue weighted by Gasteiger charge is 2.25. The Balaban J connectivity index is 1.94. The minimum absolute atomic E-state index is 0.222. The number of hydrogen-bond donors (Lipinski definition) is 2. The molecule has 1 aliphatic rings. The number of rotatable bonds is 3. The number of hydrogen-bond acceptors (Lipinski definition) is 4. The summed E-state index contributed by atoms with van der Waals surface area (Å²) < 4.78 is 0. The Bertz CT molecular complexity index is 458. The van der Waals surface area contributed by atoms with Crippen LogP contribution in [0.2, 0.25) is 0 Å². The molecule has 17 heavy (non-hydrogen) atoms. The van der Waals surface area contributed by atoms with E-state index in [1.54, 1.807) is 12.2 Å². The zero-order valence-corrected chi connectivity index (χ0v) is 8.91. The fraction of sp³-hybridized carbons (Fsp3) is 0.273. The van der Waals surface area contributed by atoms with Crippen molar-refractivity contribution in [2.45, 2.75) is 12.5 Å². The molecule has 0 saturated carbocycles. The van der Waals surface area contributed by atoms with Crippen molar-refractivity contribution >= 4 is 11.9 Å². The number of nitrogens with one attached hydrogen (secondary N) is 1. The average molecular weight is 233 g/mol. The van der Waals surface area contributed by atoms with Crippen LogP contribution in [0.1, 0.15) is 16.9 Å². The molecular weight excluding hydrogens is 222 g/mol. The summed E-state index contributed by atoms with van der Waals surface area (Å²) in [5.41, 5.74) is 0.222. The van der Waals surface area contributed by atoms with Crippen molar-refractivity contribution in [1.82, 2.24) is 15.3 Å². The van der Waals surface area contributed by atoms with E-state index in [1.807, 2.05) is 0 Å². The molecule has 1 heterocycles. The molecular formula is C11H11N3O3. The molecule has 0 fully saturated rings. The predicted octanol–water partition coefficient (Wildman–Crippen LogP) is 0.236. The lowest BCUT2D eigenvalue weighted by Crippen LogP contribution is -2.33. The molecule has 2 unspecified atom stereocenters. The Morgan fingerprint density at radius 2 is 2.18 bits per heavy atom. The second-order valence-corrected chi connectivity index (χ2v) is 3.74. The molecule has 0 bridgehead atoms. The SMILES string of the molecule is O=C(NC1C=CC(C(=O)O)C1)c1cnccn1. The van der Waals surface area contributed by atoms with Gasteiger partial charge < -0.3 is 10.4 Å². The van der Waals surface area contributed by atoms with E-state index >= 15 is 0 Å². The first kappa shape index (κ1) is 11.3. The summed E-state index contributed by atoms with van der Waals surface area (Å²) in [6, 6.07) is -0.259. The summed E-state index contributed by atoms with van der Waals surface area (Å²) in [6.07, 6.45) is 7.92. The quantitative estimate of drug-likeness (QED) is 0.729. The van der Waals surface area contributed by atoms with Gasteiger partial charge in [0.05, 0.1) is 12.1 Å². The van der Waals surface area contributed by atoms with Crippen molar-refractivity contribution in [3.05, 3.63) is 36.4 Å². The standard InChI is InChI=1S/C11H11N3O3/c15-10(9-6-12-3-4-13-9)14-8-2-1-7(5-8)11(16)17/h1-4,6-8H,5H2,(H,14,15)(H,16,17). The fourth-order valence-corrected chi connectivity index (χ4v) is 1.65. The zero-order chi connectivity index (χ0) is 12.3. The lowest BCUT2D eigenvalue weighted by molar-refractivity contribution is -0.140. The number of carboxylic acid groups (broad SMARTS) is 1. The van der Waals surface area contributed by atoms with E-state index in [0.717, 1.165) is 0 Å². The molecule has 1 aromatic rings. The van der Waals surface area contributed by atoms with Crippen LogP contribution in [0.3, 0.4) is 0 Å². The maximum absolute atomic E-state index is 11.7. The Morgan fingerprint density at radius 1 is 1.35 bits per heavy atom. The van der Waals surface area contributed by atoms with Crippen LogP contribution < -0.4 is 5.32 Å². The van der Waals surface area contributed by atoms with Crippen LogP contribution >= 0.6 is 0 Å². The second kappa shape index (κ2) is 4.73. The van der Waals surface area contributed by atoms with Gasteiger partial charge in [0.15, 0.2) is 0 Å². The summed E-state index contributed by atoms with van der Waals surface area (Å²) >= 11 is 0. The van der Waals surface area contributed by atoms with E-state index in [1.165, 1.54) is 18.6 Å². The summed E-state index contributed by atoms with van der Waals surface area (Å²) in [7, 11) is 0. The average Bonchev–Trinajstić information content (AvgIpc) is 2.79. The van der Waals surface area contributed by atoms with Gasteiger partial charge in [0.1, 0.15) is 5.69 Å². The fourth-order valence-electron chi connectivity index (χ4n) is 1.65. The molecule has 6 heteroatoms. The number of carbonyl (C=O) groups excluding carboxylic acids is 1. The van der Waals surface area contributed by atoms with Gasteiger partial charge in [0, 0.05) is 18.4 Å². The molecule has 0 spiro atoms. The van der Waals surface area contributed by atoms with Gasteiger partial charge in [0.25, 0.3) is 5.91 Å². The third-order valence-corrected chi connectivity index (χ3v) is 2.51. The highest BCUT2D eigenvalue weighted by Crippen LogP contribution is 2.18. The Morgan fingerprint density at radius 3 is 2.76 bits per heavy atom. The largest absolute Gasteiger partial charge is 0.481 e. The third-order valence-electron chi connectivity index (χ3n) is 2.51. The topological polar surface area (TPSA) is 92.2 Å². The molecule has 0 aromatic carbocycles. The molecule has 88 valence electrons. The van der Waals surface area contributed by atoms with Crippen LogP contribution in [0.15, 0.2) is 30.7 Å². The predicted molar refractivity (Wildman–Crippen MR) is 58.2 cm³/mol. The Hall–Kier alpha value is -2.24. The van der Waals surface area contributed by atoms with Gasteiger partial charge in [-0.3, -0.25) is 14.6 Å². The molecule has 0 radical (unpaired) electrons. The van der Waals surface area contributed by atoms with Gasteiger partial charge in [0.2, 0.25) is 0 Å². The normalized spacial score (nSPS) is 22.4. The van der Waals surface area contributed by atoms with Crippen molar-refractivity contribution in [3.63, 3.8) is 0 Å². The number of nitrogens with zero attached hydrogens (tertiary/aromatic N) is 2. The van der Waals surface area contributed by atoms with Crippen LogP contribution in [0.25, 0.3) is 0 Å². The van der Waals surface area contributed by atoms with Crippen molar-refractivity contribution in [2.75, 3.05) is 0 Å². The Kier molecular flexibility index (Phi) is 3.13. The van der Waals surface area contributed by atoms with Crippen LogP contribution in [0.4, 0.5) is 0 Å². The summed E-state index contributed by atoms with van der Waals surface area (Å²) in [4.78, 5) is 30.0. The number of amides is 1. The lowest BCUT2D eigenvalue weighted by Gasteiger charge is -2.11. The first-order valence-corrected chi connectivity index (χ1v) is 5.15. The lowest BCUT2D eigenvalue weighted by atomic mass is 10.1. The number of aromatic nitrogens is 2. The van der Waals surface area contributed by atoms with E-state index in [0.29, 0.717) is 6.42 Å². The van der Waals surface area contributed by atoms with Crippen molar-refractivity contribution in [3.8, 4) is 0 Å². The molecule has 1 aliphatic carbocycles. The molecule has 1 aromatic heterocycles. The summed E-state index contributed by atoms with van der Waals surface area (Å²) in [6.45, 7) is 0. The van der Waals surface area contributed by atoms with Crippen molar-refractivity contribution in [1.29, 1.82) is 0 Å². The second-order valence-electron chi connectivity index (χ2n) is 3.74. The maximum atomic E-state index is 11.7. The van der Waals surface area contributed by atoms with E-state index in [-0.39, 0.29) is 17.6 Å². The van der Waals surface area contributed by atoms with E-state index in [2.05, 4.69) is 15.3 Å². The van der Waals surface area contributed by atoms with Crippen molar-refractivity contribution in [2.24, 2.45) is 5.92 Å². The maximum Gasteiger partial charge on any atom is 0.310 e. The van der Waals surface area contributed by atoms with Gasteiger partial charge in [-0.15, -0.1) is 0 Å². The van der Waals surface area contributed by atoms with E-state index in [4.69, 9.17) is 5.11 Å². The summed E-state index contributed by atoms with van der Waals surface area (Å²) in [5, 5.41) is 11.5. The van der Waals surface area contributed by atoms with Crippen LogP contribution in [-0.4, -0.2) is 33.0 Å². The number of carboxylic acids is 1. The number of carbonyl (C=O) groups is 2. The van der Waals surface area contributed by atoms with Crippen LogP contribution in [0.5, 0.6) is 0 Å². The smallest absolute Gasteiger partial charge is 0.310 e. The Labute approximate surface area is 97.4 Å². The highest BCUT2D eigenvalue weighted by molar-refractivity contribution is 5.92. The van der Waals surface area contributed by atoms with Crippen LogP contribution in [-0.2, 0) is 4.79 Å². The van der Waals surface area contributed by atoms with Gasteiger partial charge >= 0.3 is 5.97 Å². The first-order chi connectivity index (χ1) is 8.16. The van der Waals surface area contributed by atoms with Gasteiger partial charge in [-0.05, 0) is 6.42 Å². The zero-order valence-electron chi connectivity index (χ0n) is 8.91. The third kappa shape index (κ3) is 2.66. The van der Waals surface area contributed by atoms with E-state index in [9.17, 15) is 9.59 Å². The first-order valence-electron chi connectivity index (χ1n) is 5.15. The highest BCUT2D eigenvalue weighted by atomic mass is 16.4. The van der Waals surface area contributed by atoms with E-state index < -0.39 is 11.9 Å². The van der Waals surface area contributed by atoms with Gasteiger partial charge in [-0.25, -0.2) is 4.98 Å². The van der Waals surface area contributed by atoms with Crippen molar-refractivity contribution < 1.29 is 14.7 Å². The molecule has 0 aliphatic heterocycles. The number of aliphatic carboxylic acids is 1. The molecule has 2 rings (SSSR count). The molecule has 2 atom stereocenters. The van der Waals surface area contributed by atoms with Crippen LogP contribution in [0, 0.1) is 5.92 Å². The molecule has 0 saturated heterocycles. The van der Waals surface area contributed by atoms with Gasteiger partial charge in [-0.1, -0.05) is 12.2 Å². The minimum atomic E-state index is -0.877. The summed E-state index contributed by atoms with van der Waals surface area (Å²) in [5.74, 6) is -1.75. The molecule has 1 amide bonds. The molecule has 2 N–H and O–H groups in total. The van der Waals surface area contributed by atoms with Gasteiger partial charge in [-0.2, -0.15) is 0 Å². The molecule has 6 nitrogen and oxygen atoms in total.